The Hall–Kier alpha value is -2.62. The molecular weight excluding hydrogens is 464 g/mol. The molecule has 0 radical (unpaired) electrons. The molecule has 0 fully saturated rings. The van der Waals surface area contributed by atoms with E-state index in [2.05, 4.69) is 128 Å². The van der Waals surface area contributed by atoms with Crippen molar-refractivity contribution in [1.29, 1.82) is 0 Å². The molecule has 4 heteroatoms. The van der Waals surface area contributed by atoms with Crippen LogP contribution in [0.4, 0.5) is 11.4 Å². The first-order valence-corrected chi connectivity index (χ1v) is 14.8. The number of anilines is 2. The highest BCUT2D eigenvalue weighted by atomic mass is 15.4. The van der Waals surface area contributed by atoms with Crippen molar-refractivity contribution in [3.63, 3.8) is 0 Å². The van der Waals surface area contributed by atoms with Gasteiger partial charge in [0.05, 0.1) is 12.1 Å². The van der Waals surface area contributed by atoms with E-state index < -0.39 is 0 Å². The highest BCUT2D eigenvalue weighted by Crippen LogP contribution is 2.34. The van der Waals surface area contributed by atoms with Crippen molar-refractivity contribution in [3.05, 3.63) is 59.7 Å². The summed E-state index contributed by atoms with van der Waals surface area (Å²) in [5.74, 6) is 3.11. The van der Waals surface area contributed by atoms with Gasteiger partial charge in [-0.2, -0.15) is 0 Å². The van der Waals surface area contributed by atoms with Crippen LogP contribution in [0.1, 0.15) is 93.2 Å². The SMILES string of the molecule is CC[C@@H](C)[C@H]1CN(c2cccc(C(C)(C)C)c2)C(C2=N[C@@H]([C@H](C)CC)CN2c2cccc(C(C)(C)C)c2)=N1. The first kappa shape index (κ1) is 28.4. The van der Waals surface area contributed by atoms with Crippen molar-refractivity contribution in [1.82, 2.24) is 0 Å². The predicted octanol–water partition coefficient (Wildman–Crippen LogP) is 8.25. The summed E-state index contributed by atoms with van der Waals surface area (Å²) in [4.78, 5) is 15.8. The summed E-state index contributed by atoms with van der Waals surface area (Å²) in [6.07, 6.45) is 2.24. The molecule has 2 aromatic carbocycles. The number of amidine groups is 2. The van der Waals surface area contributed by atoms with Crippen LogP contribution < -0.4 is 9.80 Å². The lowest BCUT2D eigenvalue weighted by atomic mass is 9.86. The molecule has 38 heavy (non-hydrogen) atoms. The minimum atomic E-state index is 0.0924. The molecule has 2 aliphatic heterocycles. The van der Waals surface area contributed by atoms with Crippen LogP contribution in [0.15, 0.2) is 58.5 Å². The molecule has 0 unspecified atom stereocenters. The smallest absolute Gasteiger partial charge is 0.172 e. The van der Waals surface area contributed by atoms with Gasteiger partial charge in [-0.25, -0.2) is 0 Å². The minimum absolute atomic E-state index is 0.0924. The average Bonchev–Trinajstić information content (AvgIpc) is 3.52. The first-order valence-electron chi connectivity index (χ1n) is 14.8. The quantitative estimate of drug-likeness (QED) is 0.372. The largest absolute Gasteiger partial charge is 0.321 e. The van der Waals surface area contributed by atoms with Crippen molar-refractivity contribution in [3.8, 4) is 0 Å². The Balaban J connectivity index is 1.82. The van der Waals surface area contributed by atoms with Gasteiger partial charge in [0, 0.05) is 24.5 Å². The standard InChI is InChI=1S/C34H50N4/c1-11-23(3)29-21-37(27-17-13-15-25(19-27)33(5,6)7)31(35-29)32-36-30(24(4)12-2)22-38(32)28-18-14-16-26(20-28)34(8,9)10/h13-20,23-24,29-30H,11-12,21-22H2,1-10H3/t23-,24-,29-,30-/m1/s1. The van der Waals surface area contributed by atoms with E-state index in [9.17, 15) is 0 Å². The number of aliphatic imine (C=N–C) groups is 2. The van der Waals surface area contributed by atoms with Crippen molar-refractivity contribution in [2.45, 2.75) is 105 Å². The Morgan fingerprint density at radius 2 is 1.05 bits per heavy atom. The Morgan fingerprint density at radius 1 is 0.684 bits per heavy atom. The van der Waals surface area contributed by atoms with Crippen LogP contribution in [-0.2, 0) is 10.8 Å². The molecular formula is C34H50N4. The van der Waals surface area contributed by atoms with E-state index in [0.29, 0.717) is 11.8 Å². The molecule has 4 nitrogen and oxygen atoms in total. The summed E-state index contributed by atoms with van der Waals surface area (Å²) in [5, 5.41) is 0. The molecule has 4 rings (SSSR count). The third kappa shape index (κ3) is 5.84. The van der Waals surface area contributed by atoms with Crippen molar-refractivity contribution >= 4 is 23.0 Å². The molecule has 0 saturated heterocycles. The molecule has 0 saturated carbocycles. The lowest BCUT2D eigenvalue weighted by Gasteiger charge is -2.29. The number of hydrogen-bond acceptors (Lipinski definition) is 4. The minimum Gasteiger partial charge on any atom is -0.321 e. The third-order valence-corrected chi connectivity index (χ3v) is 8.68. The summed E-state index contributed by atoms with van der Waals surface area (Å²) in [6.45, 7) is 24.8. The van der Waals surface area contributed by atoms with E-state index >= 15 is 0 Å². The van der Waals surface area contributed by atoms with Gasteiger partial charge in [-0.15, -0.1) is 0 Å². The van der Waals surface area contributed by atoms with E-state index in [1.54, 1.807) is 0 Å². The van der Waals surface area contributed by atoms with Gasteiger partial charge < -0.3 is 9.80 Å². The van der Waals surface area contributed by atoms with Gasteiger partial charge in [0.1, 0.15) is 0 Å². The predicted molar refractivity (Wildman–Crippen MR) is 166 cm³/mol. The van der Waals surface area contributed by atoms with E-state index in [-0.39, 0.29) is 22.9 Å². The highest BCUT2D eigenvalue weighted by Gasteiger charge is 2.39. The average molecular weight is 515 g/mol. The van der Waals surface area contributed by atoms with Crippen molar-refractivity contribution in [2.75, 3.05) is 22.9 Å². The monoisotopic (exact) mass is 514 g/mol. The second-order valence-corrected chi connectivity index (χ2v) is 13.6. The van der Waals surface area contributed by atoms with Crippen LogP contribution in [-0.4, -0.2) is 36.8 Å². The van der Waals surface area contributed by atoms with Crippen molar-refractivity contribution < 1.29 is 0 Å². The molecule has 0 N–H and O–H groups in total. The normalized spacial score (nSPS) is 21.9. The zero-order valence-corrected chi connectivity index (χ0v) is 25.5. The van der Waals surface area contributed by atoms with E-state index in [4.69, 9.17) is 9.98 Å². The lowest BCUT2D eigenvalue weighted by molar-refractivity contribution is 0.464. The molecule has 2 aromatic rings. The lowest BCUT2D eigenvalue weighted by Crippen LogP contribution is -2.42. The van der Waals surface area contributed by atoms with Gasteiger partial charge in [0.2, 0.25) is 0 Å². The van der Waals surface area contributed by atoms with Crippen molar-refractivity contribution in [2.24, 2.45) is 21.8 Å². The van der Waals surface area contributed by atoms with Crippen LogP contribution in [0.3, 0.4) is 0 Å². The van der Waals surface area contributed by atoms with Crippen LogP contribution in [0.25, 0.3) is 0 Å². The van der Waals surface area contributed by atoms with Gasteiger partial charge in [-0.05, 0) is 58.1 Å². The van der Waals surface area contributed by atoms with Gasteiger partial charge >= 0.3 is 0 Å². The molecule has 206 valence electrons. The fourth-order valence-electron chi connectivity index (χ4n) is 5.33. The zero-order chi connectivity index (χ0) is 27.8. The molecule has 4 atom stereocenters. The van der Waals surface area contributed by atoms with Crippen LogP contribution in [0.2, 0.25) is 0 Å². The van der Waals surface area contributed by atoms with Crippen LogP contribution in [0, 0.1) is 11.8 Å². The van der Waals surface area contributed by atoms with E-state index in [1.165, 1.54) is 22.5 Å². The number of rotatable bonds is 7. The Kier molecular flexibility index (Phi) is 8.12. The second-order valence-electron chi connectivity index (χ2n) is 13.6. The maximum atomic E-state index is 5.43. The molecule has 0 bridgehead atoms. The number of benzene rings is 2. The maximum Gasteiger partial charge on any atom is 0.172 e. The van der Waals surface area contributed by atoms with Gasteiger partial charge in [0.15, 0.2) is 11.7 Å². The van der Waals surface area contributed by atoms with E-state index in [0.717, 1.165) is 37.6 Å². The summed E-state index contributed by atoms with van der Waals surface area (Å²) in [7, 11) is 0. The zero-order valence-electron chi connectivity index (χ0n) is 25.5. The topological polar surface area (TPSA) is 31.2 Å². The molecule has 0 amide bonds. The summed E-state index contributed by atoms with van der Waals surface area (Å²) < 4.78 is 0. The molecule has 2 heterocycles. The Morgan fingerprint density at radius 3 is 1.37 bits per heavy atom. The Bertz CT molecular complexity index is 1090. The fourth-order valence-corrected chi connectivity index (χ4v) is 5.33. The Labute approximate surface area is 232 Å². The molecule has 0 aromatic heterocycles. The number of nitrogens with zero attached hydrogens (tertiary/aromatic N) is 4. The highest BCUT2D eigenvalue weighted by molar-refractivity contribution is 6.50. The van der Waals surface area contributed by atoms with Gasteiger partial charge in [0.25, 0.3) is 0 Å². The summed E-state index contributed by atoms with van der Waals surface area (Å²) in [5.41, 5.74) is 5.33. The third-order valence-electron chi connectivity index (χ3n) is 8.68. The summed E-state index contributed by atoms with van der Waals surface area (Å²) in [6, 6.07) is 18.6. The van der Waals surface area contributed by atoms with Crippen LogP contribution in [0.5, 0.6) is 0 Å². The fraction of sp³-hybridized carbons (Fsp3) is 0.588. The first-order chi connectivity index (χ1) is 17.8. The second kappa shape index (κ2) is 10.9. The molecule has 0 aliphatic carbocycles. The van der Waals surface area contributed by atoms with Gasteiger partial charge in [-0.1, -0.05) is 106 Å². The number of hydrogen-bond donors (Lipinski definition) is 0. The maximum absolute atomic E-state index is 5.43. The van der Waals surface area contributed by atoms with E-state index in [1.807, 2.05) is 0 Å². The molecule has 2 aliphatic rings. The molecule has 0 spiro atoms. The van der Waals surface area contributed by atoms with Crippen LogP contribution >= 0.6 is 0 Å². The summed E-state index contributed by atoms with van der Waals surface area (Å²) >= 11 is 0. The van der Waals surface area contributed by atoms with Gasteiger partial charge in [-0.3, -0.25) is 9.98 Å².